The molecule has 0 aliphatic heterocycles. The van der Waals surface area contributed by atoms with Crippen molar-refractivity contribution >= 4 is 11.3 Å². The van der Waals surface area contributed by atoms with Crippen molar-refractivity contribution in [1.82, 2.24) is 5.32 Å². The van der Waals surface area contributed by atoms with Gasteiger partial charge in [-0.2, -0.15) is 0 Å². The maximum atomic E-state index is 3.55. The fourth-order valence-corrected chi connectivity index (χ4v) is 1.92. The average Bonchev–Trinajstić information content (AvgIpc) is 2.66. The molecule has 0 fully saturated rings. The summed E-state index contributed by atoms with van der Waals surface area (Å²) >= 11 is 1.83. The maximum absolute atomic E-state index is 3.55. The van der Waals surface area contributed by atoms with E-state index < -0.39 is 0 Å². The first-order chi connectivity index (χ1) is 6.24. The number of hydrogen-bond acceptors (Lipinski definition) is 2. The molecule has 0 saturated heterocycles. The average molecular weight is 197 g/mol. The summed E-state index contributed by atoms with van der Waals surface area (Å²) < 4.78 is 0. The van der Waals surface area contributed by atoms with E-state index >= 15 is 0 Å². The molecule has 0 spiro atoms. The number of nitrogens with one attached hydrogen (secondary N) is 1. The minimum absolute atomic E-state index is 0.508. The van der Waals surface area contributed by atoms with Crippen LogP contribution in [0.3, 0.4) is 0 Å². The van der Waals surface area contributed by atoms with Gasteiger partial charge in [0.15, 0.2) is 0 Å². The predicted molar refractivity (Wildman–Crippen MR) is 60.2 cm³/mol. The minimum Gasteiger partial charge on any atom is -0.309 e. The topological polar surface area (TPSA) is 12.0 Å². The van der Waals surface area contributed by atoms with Gasteiger partial charge in [0.1, 0.15) is 0 Å². The molecule has 1 heterocycles. The molecule has 0 aliphatic carbocycles. The van der Waals surface area contributed by atoms with Crippen LogP contribution in [0.5, 0.6) is 0 Å². The summed E-state index contributed by atoms with van der Waals surface area (Å²) in [5.74, 6) is 0.780. The first-order valence-corrected chi connectivity index (χ1v) is 5.88. The van der Waals surface area contributed by atoms with Crippen LogP contribution < -0.4 is 5.32 Å². The second kappa shape index (κ2) is 5.40. The summed E-state index contributed by atoms with van der Waals surface area (Å²) in [5.41, 5.74) is 0. The van der Waals surface area contributed by atoms with Crippen LogP contribution in [0.2, 0.25) is 0 Å². The third kappa shape index (κ3) is 3.49. The Kier molecular flexibility index (Phi) is 4.46. The van der Waals surface area contributed by atoms with Gasteiger partial charge >= 0.3 is 0 Å². The summed E-state index contributed by atoms with van der Waals surface area (Å²) in [4.78, 5) is 1.43. The van der Waals surface area contributed by atoms with Crippen LogP contribution in [0.15, 0.2) is 17.5 Å². The lowest BCUT2D eigenvalue weighted by Gasteiger charge is -2.15. The Hall–Kier alpha value is -0.340. The molecule has 2 unspecified atom stereocenters. The van der Waals surface area contributed by atoms with Crippen molar-refractivity contribution in [2.45, 2.75) is 33.2 Å². The van der Waals surface area contributed by atoms with Gasteiger partial charge in [0.25, 0.3) is 0 Å². The molecule has 1 N–H and O–H groups in total. The summed E-state index contributed by atoms with van der Waals surface area (Å²) in [7, 11) is 0. The molecule has 74 valence electrons. The zero-order chi connectivity index (χ0) is 9.68. The molecule has 0 saturated carbocycles. The van der Waals surface area contributed by atoms with Gasteiger partial charge in [-0.15, -0.1) is 11.3 Å². The Morgan fingerprint density at radius 3 is 2.77 bits per heavy atom. The van der Waals surface area contributed by atoms with Crippen LogP contribution in [0, 0.1) is 5.92 Å². The lowest BCUT2D eigenvalue weighted by molar-refractivity contribution is 0.464. The number of hydrogen-bond donors (Lipinski definition) is 1. The van der Waals surface area contributed by atoms with E-state index in [2.05, 4.69) is 43.6 Å². The largest absolute Gasteiger partial charge is 0.309 e. The van der Waals surface area contributed by atoms with E-state index in [-0.39, 0.29) is 0 Å². The van der Waals surface area contributed by atoms with Crippen LogP contribution in [-0.4, -0.2) is 6.54 Å². The molecule has 0 aromatic carbocycles. The Morgan fingerprint density at radius 2 is 2.23 bits per heavy atom. The molecule has 0 amide bonds. The van der Waals surface area contributed by atoms with Crippen molar-refractivity contribution in [1.29, 1.82) is 0 Å². The van der Waals surface area contributed by atoms with Crippen molar-refractivity contribution in [2.24, 2.45) is 5.92 Å². The summed E-state index contributed by atoms with van der Waals surface area (Å²) in [6.07, 6.45) is 1.25. The highest BCUT2D eigenvalue weighted by atomic mass is 32.1. The third-order valence-electron chi connectivity index (χ3n) is 2.44. The molecule has 1 rings (SSSR count). The minimum atomic E-state index is 0.508. The molecule has 0 aliphatic rings. The van der Waals surface area contributed by atoms with Gasteiger partial charge in [-0.1, -0.05) is 26.3 Å². The molecule has 0 bridgehead atoms. The van der Waals surface area contributed by atoms with Gasteiger partial charge in [0.2, 0.25) is 0 Å². The van der Waals surface area contributed by atoms with Gasteiger partial charge in [-0.3, -0.25) is 0 Å². The van der Waals surface area contributed by atoms with E-state index in [0.717, 1.165) is 12.5 Å². The molecule has 2 atom stereocenters. The summed E-state index contributed by atoms with van der Waals surface area (Å²) in [6, 6.07) is 4.81. The fourth-order valence-electron chi connectivity index (χ4n) is 1.16. The van der Waals surface area contributed by atoms with Crippen LogP contribution in [-0.2, 0) is 0 Å². The number of rotatable bonds is 5. The first-order valence-electron chi connectivity index (χ1n) is 5.00. The Labute approximate surface area is 85.2 Å². The smallest absolute Gasteiger partial charge is 0.0386 e. The third-order valence-corrected chi connectivity index (χ3v) is 3.49. The van der Waals surface area contributed by atoms with E-state index in [1.807, 2.05) is 11.3 Å². The number of thiophene rings is 1. The molecule has 1 aromatic heterocycles. The fraction of sp³-hybridized carbons (Fsp3) is 0.636. The van der Waals surface area contributed by atoms with Crippen molar-refractivity contribution in [2.75, 3.05) is 6.54 Å². The van der Waals surface area contributed by atoms with Crippen LogP contribution in [0.4, 0.5) is 0 Å². The summed E-state index contributed by atoms with van der Waals surface area (Å²) in [5, 5.41) is 5.68. The van der Waals surface area contributed by atoms with Crippen molar-refractivity contribution in [3.63, 3.8) is 0 Å². The zero-order valence-electron chi connectivity index (χ0n) is 8.71. The lowest BCUT2D eigenvalue weighted by Crippen LogP contribution is -2.23. The lowest BCUT2D eigenvalue weighted by atomic mass is 10.1. The molecule has 1 nitrogen and oxygen atoms in total. The van der Waals surface area contributed by atoms with Crippen molar-refractivity contribution < 1.29 is 0 Å². The highest BCUT2D eigenvalue weighted by Crippen LogP contribution is 2.18. The van der Waals surface area contributed by atoms with E-state index in [4.69, 9.17) is 0 Å². The van der Waals surface area contributed by atoms with E-state index in [0.29, 0.717) is 6.04 Å². The van der Waals surface area contributed by atoms with Gasteiger partial charge in [0.05, 0.1) is 0 Å². The van der Waals surface area contributed by atoms with E-state index in [1.54, 1.807) is 0 Å². The second-order valence-electron chi connectivity index (χ2n) is 3.66. The standard InChI is InChI=1S/C11H19NS/c1-4-9(2)8-12-10(3)11-6-5-7-13-11/h5-7,9-10,12H,4,8H2,1-3H3. The Balaban J connectivity index is 2.30. The molecule has 0 radical (unpaired) electrons. The Bertz CT molecular complexity index is 218. The quantitative estimate of drug-likeness (QED) is 0.762. The van der Waals surface area contributed by atoms with E-state index in [1.165, 1.54) is 11.3 Å². The summed E-state index contributed by atoms with van der Waals surface area (Å²) in [6.45, 7) is 7.88. The zero-order valence-corrected chi connectivity index (χ0v) is 9.53. The Morgan fingerprint density at radius 1 is 1.46 bits per heavy atom. The molecular weight excluding hydrogens is 178 g/mol. The molecule has 2 heteroatoms. The van der Waals surface area contributed by atoms with Crippen LogP contribution in [0.1, 0.15) is 38.1 Å². The van der Waals surface area contributed by atoms with Gasteiger partial charge in [0, 0.05) is 10.9 Å². The molecule has 13 heavy (non-hydrogen) atoms. The molecule has 1 aromatic rings. The van der Waals surface area contributed by atoms with Gasteiger partial charge in [-0.25, -0.2) is 0 Å². The second-order valence-corrected chi connectivity index (χ2v) is 4.64. The van der Waals surface area contributed by atoms with Gasteiger partial charge < -0.3 is 5.32 Å². The highest BCUT2D eigenvalue weighted by molar-refractivity contribution is 7.10. The highest BCUT2D eigenvalue weighted by Gasteiger charge is 2.06. The van der Waals surface area contributed by atoms with Crippen molar-refractivity contribution in [3.8, 4) is 0 Å². The monoisotopic (exact) mass is 197 g/mol. The first kappa shape index (κ1) is 10.7. The van der Waals surface area contributed by atoms with Gasteiger partial charge in [-0.05, 0) is 30.8 Å². The van der Waals surface area contributed by atoms with Crippen LogP contribution in [0.25, 0.3) is 0 Å². The maximum Gasteiger partial charge on any atom is 0.0386 e. The molecular formula is C11H19NS. The van der Waals surface area contributed by atoms with Crippen LogP contribution >= 0.6 is 11.3 Å². The van der Waals surface area contributed by atoms with Crippen molar-refractivity contribution in [3.05, 3.63) is 22.4 Å². The normalized spacial score (nSPS) is 15.6. The van der Waals surface area contributed by atoms with E-state index in [9.17, 15) is 0 Å². The predicted octanol–water partition coefficient (Wildman–Crippen LogP) is 3.44. The SMILES string of the molecule is CCC(C)CNC(C)c1cccs1.